The van der Waals surface area contributed by atoms with E-state index in [0.717, 1.165) is 12.8 Å². The molecule has 0 fully saturated rings. The molecule has 0 aliphatic rings. The van der Waals surface area contributed by atoms with Crippen LogP contribution in [0.1, 0.15) is 50.5 Å². The lowest BCUT2D eigenvalue weighted by molar-refractivity contribution is 0.547. The topological polar surface area (TPSA) is 48.8 Å². The van der Waals surface area contributed by atoms with E-state index in [2.05, 4.69) is 47.3 Å². The number of azide groups is 1. The standard InChI is InChI=1S/C14H21N3/c1-2-13(14-10-5-3-6-11-14)9-7-4-8-12-16-17-15/h3,5-6,10-11,13H,2,4,7-9,12H2,1H3. The minimum Gasteiger partial charge on any atom is -0.0940 e. The van der Waals surface area contributed by atoms with Gasteiger partial charge >= 0.3 is 0 Å². The van der Waals surface area contributed by atoms with Crippen LogP contribution in [0.3, 0.4) is 0 Å². The lowest BCUT2D eigenvalue weighted by Gasteiger charge is -2.14. The van der Waals surface area contributed by atoms with E-state index in [0.29, 0.717) is 12.5 Å². The van der Waals surface area contributed by atoms with Gasteiger partial charge in [0.1, 0.15) is 0 Å². The minimum atomic E-state index is 0.638. The molecule has 0 amide bonds. The molecule has 0 radical (unpaired) electrons. The summed E-state index contributed by atoms with van der Waals surface area (Å²) in [4.78, 5) is 2.76. The number of nitrogens with zero attached hydrogens (tertiary/aromatic N) is 3. The number of benzene rings is 1. The number of unbranched alkanes of at least 4 members (excludes halogenated alkanes) is 2. The van der Waals surface area contributed by atoms with Crippen LogP contribution in [0, 0.1) is 0 Å². The third-order valence-corrected chi connectivity index (χ3v) is 3.14. The van der Waals surface area contributed by atoms with E-state index in [4.69, 9.17) is 5.53 Å². The van der Waals surface area contributed by atoms with Gasteiger partial charge in [-0.05, 0) is 36.3 Å². The van der Waals surface area contributed by atoms with Crippen LogP contribution < -0.4 is 0 Å². The lowest BCUT2D eigenvalue weighted by atomic mass is 9.91. The maximum absolute atomic E-state index is 8.16. The molecule has 17 heavy (non-hydrogen) atoms. The fourth-order valence-corrected chi connectivity index (χ4v) is 2.13. The maximum Gasteiger partial charge on any atom is 0.0257 e. The Kier molecular flexibility index (Phi) is 6.92. The Morgan fingerprint density at radius 2 is 1.94 bits per heavy atom. The highest BCUT2D eigenvalue weighted by Crippen LogP contribution is 2.25. The molecule has 3 heteroatoms. The van der Waals surface area contributed by atoms with Gasteiger partial charge in [-0.1, -0.05) is 55.2 Å². The molecule has 0 N–H and O–H groups in total. The van der Waals surface area contributed by atoms with Crippen molar-refractivity contribution in [3.63, 3.8) is 0 Å². The molecule has 1 rings (SSSR count). The van der Waals surface area contributed by atoms with Crippen molar-refractivity contribution in [1.29, 1.82) is 0 Å². The van der Waals surface area contributed by atoms with E-state index in [1.807, 2.05) is 0 Å². The summed E-state index contributed by atoms with van der Waals surface area (Å²) in [7, 11) is 0. The molecule has 92 valence electrons. The molecule has 0 aliphatic carbocycles. The molecule has 0 bridgehead atoms. The Balaban J connectivity index is 2.26. The van der Waals surface area contributed by atoms with Gasteiger partial charge in [-0.3, -0.25) is 0 Å². The molecule has 3 nitrogen and oxygen atoms in total. The van der Waals surface area contributed by atoms with E-state index in [1.54, 1.807) is 0 Å². The van der Waals surface area contributed by atoms with E-state index < -0.39 is 0 Å². The Bertz CT molecular complexity index is 342. The van der Waals surface area contributed by atoms with Gasteiger partial charge in [-0.15, -0.1) is 0 Å². The molecule has 1 atom stereocenters. The fourth-order valence-electron chi connectivity index (χ4n) is 2.13. The van der Waals surface area contributed by atoms with Gasteiger partial charge in [0.2, 0.25) is 0 Å². The quantitative estimate of drug-likeness (QED) is 0.260. The van der Waals surface area contributed by atoms with Crippen molar-refractivity contribution in [3.8, 4) is 0 Å². The number of hydrogen-bond acceptors (Lipinski definition) is 1. The van der Waals surface area contributed by atoms with Crippen LogP contribution in [0.25, 0.3) is 10.4 Å². The van der Waals surface area contributed by atoms with Crippen molar-refractivity contribution in [2.45, 2.75) is 44.9 Å². The van der Waals surface area contributed by atoms with Crippen LogP contribution in [0.2, 0.25) is 0 Å². The van der Waals surface area contributed by atoms with Crippen LogP contribution in [0.5, 0.6) is 0 Å². The zero-order valence-electron chi connectivity index (χ0n) is 10.5. The highest BCUT2D eigenvalue weighted by atomic mass is 15.1. The van der Waals surface area contributed by atoms with Gasteiger partial charge in [0.15, 0.2) is 0 Å². The first-order valence-electron chi connectivity index (χ1n) is 6.44. The van der Waals surface area contributed by atoms with Crippen LogP contribution in [0.4, 0.5) is 0 Å². The highest BCUT2D eigenvalue weighted by Gasteiger charge is 2.07. The molecule has 1 unspecified atom stereocenters. The van der Waals surface area contributed by atoms with Crippen LogP contribution in [0.15, 0.2) is 35.4 Å². The van der Waals surface area contributed by atoms with E-state index in [-0.39, 0.29) is 0 Å². The van der Waals surface area contributed by atoms with Gasteiger partial charge in [-0.2, -0.15) is 0 Å². The summed E-state index contributed by atoms with van der Waals surface area (Å²) in [6.45, 7) is 2.89. The first-order valence-corrected chi connectivity index (χ1v) is 6.44. The van der Waals surface area contributed by atoms with E-state index >= 15 is 0 Å². The van der Waals surface area contributed by atoms with Gasteiger partial charge in [0.25, 0.3) is 0 Å². The second kappa shape index (κ2) is 8.66. The molecule has 0 aromatic heterocycles. The van der Waals surface area contributed by atoms with Crippen molar-refractivity contribution in [2.75, 3.05) is 6.54 Å². The molecule has 0 saturated carbocycles. The number of rotatable bonds is 8. The third kappa shape index (κ3) is 5.41. The Labute approximate surface area is 103 Å². The Morgan fingerprint density at radius 1 is 1.18 bits per heavy atom. The summed E-state index contributed by atoms with van der Waals surface area (Å²) in [5.74, 6) is 0.677. The van der Waals surface area contributed by atoms with Gasteiger partial charge in [0, 0.05) is 11.5 Å². The average Bonchev–Trinajstić information content (AvgIpc) is 2.39. The molecule has 0 aliphatic heterocycles. The van der Waals surface area contributed by atoms with Crippen molar-refractivity contribution < 1.29 is 0 Å². The summed E-state index contributed by atoms with van der Waals surface area (Å²) < 4.78 is 0. The summed E-state index contributed by atoms with van der Waals surface area (Å²) >= 11 is 0. The summed E-state index contributed by atoms with van der Waals surface area (Å²) in [5.41, 5.74) is 9.61. The first-order chi connectivity index (χ1) is 8.38. The third-order valence-electron chi connectivity index (χ3n) is 3.14. The maximum atomic E-state index is 8.16. The molecular formula is C14H21N3. The largest absolute Gasteiger partial charge is 0.0940 e. The average molecular weight is 231 g/mol. The first kappa shape index (κ1) is 13.6. The molecule has 0 heterocycles. The van der Waals surface area contributed by atoms with Crippen LogP contribution in [-0.2, 0) is 0 Å². The minimum absolute atomic E-state index is 0.638. The fraction of sp³-hybridized carbons (Fsp3) is 0.571. The predicted molar refractivity (Wildman–Crippen MR) is 72.0 cm³/mol. The molecule has 0 saturated heterocycles. The van der Waals surface area contributed by atoms with E-state index in [1.165, 1.54) is 24.8 Å². The Hall–Kier alpha value is -1.47. The predicted octanol–water partition coefficient (Wildman–Crippen LogP) is 5.05. The molecule has 1 aromatic carbocycles. The van der Waals surface area contributed by atoms with Crippen molar-refractivity contribution >= 4 is 0 Å². The highest BCUT2D eigenvalue weighted by molar-refractivity contribution is 5.19. The van der Waals surface area contributed by atoms with Gasteiger partial charge < -0.3 is 0 Å². The molecule has 1 aromatic rings. The van der Waals surface area contributed by atoms with Crippen molar-refractivity contribution in [3.05, 3.63) is 46.3 Å². The summed E-state index contributed by atoms with van der Waals surface area (Å²) in [5, 5.41) is 3.55. The lowest BCUT2D eigenvalue weighted by Crippen LogP contribution is -1.97. The normalized spacial score (nSPS) is 11.8. The van der Waals surface area contributed by atoms with Crippen molar-refractivity contribution in [1.82, 2.24) is 0 Å². The van der Waals surface area contributed by atoms with E-state index in [9.17, 15) is 0 Å². The number of hydrogen-bond donors (Lipinski definition) is 0. The second-order valence-corrected chi connectivity index (χ2v) is 4.32. The van der Waals surface area contributed by atoms with Crippen molar-refractivity contribution in [2.24, 2.45) is 5.11 Å². The van der Waals surface area contributed by atoms with Crippen LogP contribution >= 0.6 is 0 Å². The summed E-state index contributed by atoms with van der Waals surface area (Å²) in [6.07, 6.45) is 5.81. The molecule has 0 spiro atoms. The zero-order chi connectivity index (χ0) is 12.3. The van der Waals surface area contributed by atoms with Crippen LogP contribution in [-0.4, -0.2) is 6.54 Å². The zero-order valence-corrected chi connectivity index (χ0v) is 10.5. The van der Waals surface area contributed by atoms with Gasteiger partial charge in [0.05, 0.1) is 0 Å². The molecular weight excluding hydrogens is 210 g/mol. The smallest absolute Gasteiger partial charge is 0.0257 e. The second-order valence-electron chi connectivity index (χ2n) is 4.32. The Morgan fingerprint density at radius 3 is 2.59 bits per heavy atom. The summed E-state index contributed by atoms with van der Waals surface area (Å²) in [6, 6.07) is 10.7. The monoisotopic (exact) mass is 231 g/mol. The van der Waals surface area contributed by atoms with Gasteiger partial charge in [-0.25, -0.2) is 0 Å². The SMILES string of the molecule is CCC(CCCCCN=[N+]=[N-])c1ccccc1.